The van der Waals surface area contributed by atoms with E-state index in [-0.39, 0.29) is 58.9 Å². The van der Waals surface area contributed by atoms with Crippen molar-refractivity contribution in [1.82, 2.24) is 0 Å². The van der Waals surface area contributed by atoms with E-state index in [1.54, 1.807) is 21.5 Å². The summed E-state index contributed by atoms with van der Waals surface area (Å²) in [6.07, 6.45) is 1.21. The van der Waals surface area contributed by atoms with E-state index in [1.807, 2.05) is 0 Å². The van der Waals surface area contributed by atoms with E-state index >= 15 is 0 Å². The SMILES string of the molecule is CCC(C)c1c(C)c(C)c(C)[c-]1C[SiH](c1ccccc1)c1ccccc1.[Cl-].[Cl-].[Cl-].[Ti+4]. The standard InChI is InChI=1S/C25H31Si.3ClH.Ti/c1-6-18(2)25-21(5)19(3)20(4)24(25)17-26(22-13-9-7-10-14-22)23-15-11-8-12-16-23;;;;/h7-16,18,26H,6,17H2,1-5H3;3*1H;/q-1;;;;+4/p-3. The van der Waals surface area contributed by atoms with Gasteiger partial charge in [-0.05, 0) is 5.92 Å². The van der Waals surface area contributed by atoms with Gasteiger partial charge in [0.25, 0.3) is 0 Å². The normalized spacial score (nSPS) is 10.9. The first-order valence-electron chi connectivity index (χ1n) is 9.89. The third-order valence-corrected chi connectivity index (χ3v) is 9.42. The molecule has 0 amide bonds. The summed E-state index contributed by atoms with van der Waals surface area (Å²) in [5.41, 5.74) is 7.83. The summed E-state index contributed by atoms with van der Waals surface area (Å²) in [7, 11) is -1.29. The van der Waals surface area contributed by atoms with Crippen LogP contribution < -0.4 is 47.6 Å². The average Bonchev–Trinajstić information content (AvgIpc) is 2.90. The summed E-state index contributed by atoms with van der Waals surface area (Å²) in [6.45, 7) is 11.7. The third-order valence-electron chi connectivity index (χ3n) is 6.22. The minimum atomic E-state index is -1.29. The molecule has 0 aliphatic carbocycles. The van der Waals surface area contributed by atoms with Crippen LogP contribution in [-0.2, 0) is 27.8 Å². The van der Waals surface area contributed by atoms with Crippen molar-refractivity contribution in [2.24, 2.45) is 0 Å². The summed E-state index contributed by atoms with van der Waals surface area (Å²) < 4.78 is 0. The third kappa shape index (κ3) is 6.79. The van der Waals surface area contributed by atoms with Crippen LogP contribution in [0.2, 0.25) is 0 Å². The average molecular weight is 514 g/mol. The zero-order valence-corrected chi connectivity index (χ0v) is 23.5. The van der Waals surface area contributed by atoms with Gasteiger partial charge in [-0.3, -0.25) is 0 Å². The van der Waals surface area contributed by atoms with E-state index in [9.17, 15) is 0 Å². The maximum absolute atomic E-state index is 2.40. The monoisotopic (exact) mass is 512 g/mol. The molecular formula is C25H31Cl3SiTi. The fraction of sp³-hybridized carbons (Fsp3) is 0.320. The van der Waals surface area contributed by atoms with Gasteiger partial charge in [-0.1, -0.05) is 118 Å². The van der Waals surface area contributed by atoms with Crippen LogP contribution in [0.3, 0.4) is 0 Å². The fourth-order valence-corrected chi connectivity index (χ4v) is 7.44. The predicted molar refractivity (Wildman–Crippen MR) is 118 cm³/mol. The quantitative estimate of drug-likeness (QED) is 0.233. The molecule has 30 heavy (non-hydrogen) atoms. The molecule has 0 saturated carbocycles. The Bertz CT molecular complexity index is 824. The van der Waals surface area contributed by atoms with Crippen LogP contribution in [0, 0.1) is 20.8 Å². The van der Waals surface area contributed by atoms with E-state index < -0.39 is 8.80 Å². The van der Waals surface area contributed by atoms with Gasteiger partial charge in [0.2, 0.25) is 0 Å². The van der Waals surface area contributed by atoms with Gasteiger partial charge in [0.05, 0.1) is 8.80 Å². The number of hydrogen-bond acceptors (Lipinski definition) is 0. The van der Waals surface area contributed by atoms with Crippen molar-refractivity contribution in [3.8, 4) is 0 Å². The molecule has 0 aliphatic heterocycles. The molecule has 3 aromatic carbocycles. The number of rotatable bonds is 6. The Morgan fingerprint density at radius 3 is 1.60 bits per heavy atom. The van der Waals surface area contributed by atoms with Crippen LogP contribution in [0.25, 0.3) is 0 Å². The van der Waals surface area contributed by atoms with Gasteiger partial charge in [0.1, 0.15) is 0 Å². The first-order chi connectivity index (χ1) is 12.5. The summed E-state index contributed by atoms with van der Waals surface area (Å²) in [5.74, 6) is 0.638. The largest absolute Gasteiger partial charge is 4.00 e. The van der Waals surface area contributed by atoms with Gasteiger partial charge < -0.3 is 37.2 Å². The molecule has 0 spiro atoms. The van der Waals surface area contributed by atoms with Crippen molar-refractivity contribution in [2.45, 2.75) is 53.0 Å². The van der Waals surface area contributed by atoms with Crippen molar-refractivity contribution in [1.29, 1.82) is 0 Å². The Morgan fingerprint density at radius 2 is 1.20 bits per heavy atom. The minimum absolute atomic E-state index is 0. The molecule has 0 N–H and O–H groups in total. The molecule has 0 aliphatic rings. The van der Waals surface area contributed by atoms with E-state index in [4.69, 9.17) is 0 Å². The van der Waals surface area contributed by atoms with Crippen molar-refractivity contribution < 1.29 is 58.9 Å². The summed E-state index contributed by atoms with van der Waals surface area (Å²) in [4.78, 5) is 0. The molecule has 160 valence electrons. The van der Waals surface area contributed by atoms with Gasteiger partial charge in [-0.15, -0.1) is 0 Å². The van der Waals surface area contributed by atoms with Crippen LogP contribution in [0.4, 0.5) is 0 Å². The van der Waals surface area contributed by atoms with Crippen molar-refractivity contribution >= 4 is 19.2 Å². The van der Waals surface area contributed by atoms with Crippen LogP contribution in [0.5, 0.6) is 0 Å². The van der Waals surface area contributed by atoms with Gasteiger partial charge >= 0.3 is 21.7 Å². The fourth-order valence-electron chi connectivity index (χ4n) is 4.28. The van der Waals surface area contributed by atoms with Crippen molar-refractivity contribution in [3.05, 3.63) is 88.5 Å². The van der Waals surface area contributed by atoms with Crippen molar-refractivity contribution in [3.63, 3.8) is 0 Å². The first kappa shape index (κ1) is 31.8. The maximum atomic E-state index is 2.40. The molecular weight excluding hydrogens is 483 g/mol. The summed E-state index contributed by atoms with van der Waals surface area (Å²) in [5, 5.41) is 3.09. The molecule has 0 nitrogen and oxygen atoms in total. The van der Waals surface area contributed by atoms with Gasteiger partial charge in [0.15, 0.2) is 0 Å². The Labute approximate surface area is 218 Å². The van der Waals surface area contributed by atoms with Crippen LogP contribution in [0.1, 0.15) is 54.0 Å². The second-order valence-corrected chi connectivity index (χ2v) is 10.5. The Balaban J connectivity index is 0. The molecule has 3 rings (SSSR count). The first-order valence-corrected chi connectivity index (χ1v) is 11.9. The van der Waals surface area contributed by atoms with Gasteiger partial charge in [-0.2, -0.15) is 27.8 Å². The summed E-state index contributed by atoms with van der Waals surface area (Å²) >= 11 is 0. The number of hydrogen-bond donors (Lipinski definition) is 0. The molecule has 1 unspecified atom stereocenters. The molecule has 3 aromatic rings. The second kappa shape index (κ2) is 14.6. The van der Waals surface area contributed by atoms with E-state index in [0.29, 0.717) is 5.92 Å². The molecule has 0 heterocycles. The minimum Gasteiger partial charge on any atom is -1.00 e. The molecule has 0 radical (unpaired) electrons. The number of benzene rings is 2. The van der Waals surface area contributed by atoms with E-state index in [2.05, 4.69) is 95.3 Å². The van der Waals surface area contributed by atoms with Gasteiger partial charge in [-0.25, -0.2) is 0 Å². The molecule has 1 atom stereocenters. The molecule has 0 bridgehead atoms. The molecule has 0 aromatic heterocycles. The zero-order chi connectivity index (χ0) is 18.7. The van der Waals surface area contributed by atoms with E-state index in [1.165, 1.54) is 29.2 Å². The van der Waals surface area contributed by atoms with Crippen LogP contribution in [-0.4, -0.2) is 8.80 Å². The Morgan fingerprint density at radius 1 is 0.767 bits per heavy atom. The van der Waals surface area contributed by atoms with E-state index in [0.717, 1.165) is 0 Å². The second-order valence-electron chi connectivity index (χ2n) is 7.65. The number of halogens is 3. The smallest absolute Gasteiger partial charge is 1.00 e. The maximum Gasteiger partial charge on any atom is 4.00 e. The predicted octanol–water partition coefficient (Wildman–Crippen LogP) is -4.02. The van der Waals surface area contributed by atoms with Gasteiger partial charge in [0, 0.05) is 0 Å². The molecule has 0 fully saturated rings. The topological polar surface area (TPSA) is 0 Å². The molecule has 5 heteroatoms. The van der Waals surface area contributed by atoms with Crippen LogP contribution >= 0.6 is 0 Å². The zero-order valence-electron chi connectivity index (χ0n) is 18.5. The van der Waals surface area contributed by atoms with Crippen molar-refractivity contribution in [2.75, 3.05) is 0 Å². The summed E-state index contributed by atoms with van der Waals surface area (Å²) in [6, 6.07) is 23.6. The Kier molecular flexibility index (Phi) is 15.5. The van der Waals surface area contributed by atoms with Crippen LogP contribution in [0.15, 0.2) is 60.7 Å². The Hall–Kier alpha value is -0.409. The molecule has 0 saturated heterocycles.